The first kappa shape index (κ1) is 18.1. The van der Waals surface area contributed by atoms with E-state index in [-0.39, 0.29) is 6.61 Å². The molecule has 0 atom stereocenters. The largest absolute Gasteiger partial charge is 0.452 e. The number of aromatic nitrogens is 1. The second kappa shape index (κ2) is 7.53. The van der Waals surface area contributed by atoms with Crippen LogP contribution in [0, 0.1) is 20.8 Å². The van der Waals surface area contributed by atoms with E-state index < -0.39 is 11.9 Å². The Morgan fingerprint density at radius 3 is 2.50 bits per heavy atom. The molecular formula is C18H21ClN2O3. The van der Waals surface area contributed by atoms with Crippen molar-refractivity contribution in [1.82, 2.24) is 4.57 Å². The summed E-state index contributed by atoms with van der Waals surface area (Å²) in [6, 6.07) is 6.94. The molecule has 2 aromatic rings. The molecule has 1 heterocycles. The summed E-state index contributed by atoms with van der Waals surface area (Å²) in [7, 11) is 0. The first-order valence-electron chi connectivity index (χ1n) is 7.73. The van der Waals surface area contributed by atoms with Gasteiger partial charge in [-0.2, -0.15) is 0 Å². The molecule has 6 heteroatoms. The number of carbonyl (C=O) groups excluding carboxylic acids is 2. The van der Waals surface area contributed by atoms with Crippen molar-refractivity contribution in [3.8, 4) is 0 Å². The van der Waals surface area contributed by atoms with E-state index >= 15 is 0 Å². The summed E-state index contributed by atoms with van der Waals surface area (Å²) in [6.07, 6.45) is 0. The molecule has 0 aliphatic rings. The summed E-state index contributed by atoms with van der Waals surface area (Å²) < 4.78 is 7.15. The van der Waals surface area contributed by atoms with Crippen LogP contribution in [0.15, 0.2) is 24.3 Å². The maximum absolute atomic E-state index is 12.2. The molecule has 0 aliphatic carbocycles. The van der Waals surface area contributed by atoms with Crippen LogP contribution in [-0.4, -0.2) is 23.1 Å². The number of amides is 1. The van der Waals surface area contributed by atoms with Gasteiger partial charge in [0, 0.05) is 28.6 Å². The summed E-state index contributed by atoms with van der Waals surface area (Å²) in [5.41, 5.74) is 3.81. The zero-order valence-electron chi connectivity index (χ0n) is 14.3. The van der Waals surface area contributed by atoms with Crippen LogP contribution in [0.1, 0.15) is 34.2 Å². The number of anilines is 1. The number of rotatable bonds is 5. The van der Waals surface area contributed by atoms with E-state index in [9.17, 15) is 9.59 Å². The summed E-state index contributed by atoms with van der Waals surface area (Å²) in [6.45, 7) is 8.09. The van der Waals surface area contributed by atoms with Gasteiger partial charge in [-0.15, -0.1) is 0 Å². The first-order chi connectivity index (χ1) is 11.3. The summed E-state index contributed by atoms with van der Waals surface area (Å²) in [4.78, 5) is 24.2. The molecule has 1 amide bonds. The molecule has 1 N–H and O–H groups in total. The molecule has 1 aromatic carbocycles. The summed E-state index contributed by atoms with van der Waals surface area (Å²) in [5, 5.41) is 3.31. The van der Waals surface area contributed by atoms with Crippen molar-refractivity contribution in [2.24, 2.45) is 0 Å². The van der Waals surface area contributed by atoms with Gasteiger partial charge in [0.05, 0.1) is 5.56 Å². The number of hydrogen-bond acceptors (Lipinski definition) is 3. The van der Waals surface area contributed by atoms with E-state index in [0.717, 1.165) is 23.5 Å². The molecule has 5 nitrogen and oxygen atoms in total. The molecule has 0 saturated heterocycles. The predicted octanol–water partition coefficient (Wildman–Crippen LogP) is 3.88. The summed E-state index contributed by atoms with van der Waals surface area (Å²) >= 11 is 5.88. The van der Waals surface area contributed by atoms with Gasteiger partial charge >= 0.3 is 5.97 Å². The highest BCUT2D eigenvalue weighted by Gasteiger charge is 2.17. The number of esters is 1. The smallest absolute Gasteiger partial charge is 0.340 e. The minimum Gasteiger partial charge on any atom is -0.452 e. The van der Waals surface area contributed by atoms with Gasteiger partial charge in [0.1, 0.15) is 0 Å². The van der Waals surface area contributed by atoms with Gasteiger partial charge in [-0.05, 0) is 57.5 Å². The van der Waals surface area contributed by atoms with Crippen LogP contribution < -0.4 is 5.32 Å². The third kappa shape index (κ3) is 3.97. The predicted molar refractivity (Wildman–Crippen MR) is 94.7 cm³/mol. The number of nitrogens with one attached hydrogen (secondary N) is 1. The standard InChI is InChI=1S/C18H21ClN2O3/c1-5-21-12(3)9-15(13(21)4)18(23)24-10-17(22)20-16-7-6-14(19)8-11(16)2/h6-9H,5,10H2,1-4H3,(H,20,22). The number of ether oxygens (including phenoxy) is 1. The number of nitrogens with zero attached hydrogens (tertiary/aromatic N) is 1. The van der Waals surface area contributed by atoms with E-state index in [4.69, 9.17) is 16.3 Å². The van der Waals surface area contributed by atoms with Crippen LogP contribution in [0.4, 0.5) is 5.69 Å². The zero-order valence-corrected chi connectivity index (χ0v) is 15.0. The Bertz CT molecular complexity index is 781. The van der Waals surface area contributed by atoms with E-state index in [1.54, 1.807) is 24.3 Å². The quantitative estimate of drug-likeness (QED) is 0.834. The number of carbonyl (C=O) groups is 2. The topological polar surface area (TPSA) is 60.3 Å². The lowest BCUT2D eigenvalue weighted by atomic mass is 10.2. The number of halogens is 1. The average molecular weight is 349 g/mol. The van der Waals surface area contributed by atoms with Gasteiger partial charge in [0.2, 0.25) is 0 Å². The van der Waals surface area contributed by atoms with Crippen LogP contribution in [0.25, 0.3) is 0 Å². The molecule has 0 aliphatic heterocycles. The van der Waals surface area contributed by atoms with Gasteiger partial charge in [-0.1, -0.05) is 11.6 Å². The minimum absolute atomic E-state index is 0.337. The van der Waals surface area contributed by atoms with Crippen molar-refractivity contribution in [1.29, 1.82) is 0 Å². The maximum Gasteiger partial charge on any atom is 0.340 e. The molecular weight excluding hydrogens is 328 g/mol. The third-order valence-electron chi connectivity index (χ3n) is 3.91. The molecule has 0 unspecified atom stereocenters. The Labute approximate surface area is 146 Å². The lowest BCUT2D eigenvalue weighted by Crippen LogP contribution is -2.21. The third-order valence-corrected chi connectivity index (χ3v) is 4.14. The number of hydrogen-bond donors (Lipinski definition) is 1. The number of benzene rings is 1. The average Bonchev–Trinajstić information content (AvgIpc) is 2.82. The van der Waals surface area contributed by atoms with E-state index in [0.29, 0.717) is 16.3 Å². The van der Waals surface area contributed by atoms with Crippen molar-refractivity contribution in [3.05, 3.63) is 51.8 Å². The van der Waals surface area contributed by atoms with Gasteiger partial charge < -0.3 is 14.6 Å². The molecule has 128 valence electrons. The van der Waals surface area contributed by atoms with Crippen LogP contribution >= 0.6 is 11.6 Å². The van der Waals surface area contributed by atoms with Crippen LogP contribution in [0.5, 0.6) is 0 Å². The van der Waals surface area contributed by atoms with Gasteiger partial charge in [-0.3, -0.25) is 4.79 Å². The normalized spacial score (nSPS) is 10.5. The first-order valence-corrected chi connectivity index (χ1v) is 8.11. The Morgan fingerprint density at radius 2 is 1.92 bits per heavy atom. The second-order valence-corrected chi connectivity index (χ2v) is 6.05. The van der Waals surface area contributed by atoms with Crippen LogP contribution in [-0.2, 0) is 16.1 Å². The SMILES string of the molecule is CCn1c(C)cc(C(=O)OCC(=O)Nc2ccc(Cl)cc2C)c1C. The zero-order chi connectivity index (χ0) is 17.9. The molecule has 24 heavy (non-hydrogen) atoms. The van der Waals surface area contributed by atoms with Crippen molar-refractivity contribution in [2.75, 3.05) is 11.9 Å². The fourth-order valence-corrected chi connectivity index (χ4v) is 2.88. The highest BCUT2D eigenvalue weighted by molar-refractivity contribution is 6.30. The number of aryl methyl sites for hydroxylation is 2. The van der Waals surface area contributed by atoms with Crippen LogP contribution in [0.2, 0.25) is 5.02 Å². The molecule has 2 rings (SSSR count). The molecule has 0 fully saturated rings. The van der Waals surface area contributed by atoms with E-state index in [1.807, 2.05) is 32.3 Å². The lowest BCUT2D eigenvalue weighted by Gasteiger charge is -2.09. The second-order valence-electron chi connectivity index (χ2n) is 5.61. The monoisotopic (exact) mass is 348 g/mol. The molecule has 1 aromatic heterocycles. The highest BCUT2D eigenvalue weighted by atomic mass is 35.5. The highest BCUT2D eigenvalue weighted by Crippen LogP contribution is 2.20. The minimum atomic E-state index is -0.495. The van der Waals surface area contributed by atoms with Crippen LogP contribution in [0.3, 0.4) is 0 Å². The van der Waals surface area contributed by atoms with E-state index in [2.05, 4.69) is 5.32 Å². The van der Waals surface area contributed by atoms with Crippen molar-refractivity contribution in [2.45, 2.75) is 34.2 Å². The van der Waals surface area contributed by atoms with Gasteiger partial charge in [0.25, 0.3) is 5.91 Å². The van der Waals surface area contributed by atoms with Gasteiger partial charge in [0.15, 0.2) is 6.61 Å². The van der Waals surface area contributed by atoms with Gasteiger partial charge in [-0.25, -0.2) is 4.79 Å². The molecule has 0 bridgehead atoms. The molecule has 0 spiro atoms. The Morgan fingerprint density at radius 1 is 1.21 bits per heavy atom. The lowest BCUT2D eigenvalue weighted by molar-refractivity contribution is -0.119. The van der Waals surface area contributed by atoms with E-state index in [1.165, 1.54) is 0 Å². The molecule has 0 saturated carbocycles. The van der Waals surface area contributed by atoms with Crippen molar-refractivity contribution < 1.29 is 14.3 Å². The maximum atomic E-state index is 12.2. The molecule has 0 radical (unpaired) electrons. The van der Waals surface area contributed by atoms with Crippen molar-refractivity contribution in [3.63, 3.8) is 0 Å². The fraction of sp³-hybridized carbons (Fsp3) is 0.333. The van der Waals surface area contributed by atoms with Crippen molar-refractivity contribution >= 4 is 29.2 Å². The Hall–Kier alpha value is -2.27. The fourth-order valence-electron chi connectivity index (χ4n) is 2.66. The Balaban J connectivity index is 1.97. The Kier molecular flexibility index (Phi) is 5.67. The summed E-state index contributed by atoms with van der Waals surface area (Å²) in [5.74, 6) is -0.885.